The van der Waals surface area contributed by atoms with Crippen LogP contribution >= 0.6 is 0 Å². The average Bonchev–Trinajstić information content (AvgIpc) is 2.56. The highest BCUT2D eigenvalue weighted by Crippen LogP contribution is 2.23. The second-order valence-electron chi connectivity index (χ2n) is 4.92. The largest absolute Gasteiger partial charge is 0.465 e. The number of ether oxygens (including phenoxy) is 2. The molecule has 0 fully saturated rings. The molecule has 0 spiro atoms. The van der Waals surface area contributed by atoms with Gasteiger partial charge in [-0.3, -0.25) is 4.79 Å². The van der Waals surface area contributed by atoms with E-state index in [-0.39, 0.29) is 5.91 Å². The van der Waals surface area contributed by atoms with Gasteiger partial charge >= 0.3 is 5.97 Å². The second kappa shape index (κ2) is 7.42. The van der Waals surface area contributed by atoms with E-state index < -0.39 is 12.0 Å². The van der Waals surface area contributed by atoms with Crippen molar-refractivity contribution in [2.45, 2.75) is 13.0 Å². The third-order valence-corrected chi connectivity index (χ3v) is 3.05. The molecular formula is C17H18N2O4. The number of hydrogen-bond donors (Lipinski definition) is 2. The van der Waals surface area contributed by atoms with E-state index in [1.807, 2.05) is 0 Å². The summed E-state index contributed by atoms with van der Waals surface area (Å²) >= 11 is 0. The lowest BCUT2D eigenvalue weighted by molar-refractivity contribution is -0.117. The summed E-state index contributed by atoms with van der Waals surface area (Å²) in [5, 5.41) is 2.69. The molecule has 0 radical (unpaired) electrons. The third-order valence-electron chi connectivity index (χ3n) is 3.05. The highest BCUT2D eigenvalue weighted by Gasteiger charge is 2.08. The monoisotopic (exact) mass is 314 g/mol. The average molecular weight is 314 g/mol. The molecule has 0 bridgehead atoms. The van der Waals surface area contributed by atoms with Gasteiger partial charge < -0.3 is 20.5 Å². The zero-order chi connectivity index (χ0) is 16.8. The Hall–Kier alpha value is -2.86. The van der Waals surface area contributed by atoms with Crippen LogP contribution in [0.15, 0.2) is 48.5 Å². The first-order chi connectivity index (χ1) is 11.0. The van der Waals surface area contributed by atoms with Gasteiger partial charge in [0.15, 0.2) is 0 Å². The second-order valence-corrected chi connectivity index (χ2v) is 4.92. The smallest absolute Gasteiger partial charge is 0.337 e. The zero-order valence-corrected chi connectivity index (χ0v) is 12.9. The van der Waals surface area contributed by atoms with Gasteiger partial charge in [0.05, 0.1) is 18.7 Å². The molecule has 1 atom stereocenters. The van der Waals surface area contributed by atoms with Gasteiger partial charge in [0.2, 0.25) is 5.91 Å². The number of anilines is 1. The maximum Gasteiger partial charge on any atom is 0.337 e. The number of hydrogen-bond acceptors (Lipinski definition) is 5. The van der Waals surface area contributed by atoms with Crippen molar-refractivity contribution in [3.05, 3.63) is 54.1 Å². The molecule has 0 heterocycles. The Bertz CT molecular complexity index is 679. The molecular weight excluding hydrogens is 296 g/mol. The van der Waals surface area contributed by atoms with E-state index in [9.17, 15) is 9.59 Å². The van der Waals surface area contributed by atoms with Gasteiger partial charge in [0, 0.05) is 5.69 Å². The van der Waals surface area contributed by atoms with Crippen molar-refractivity contribution < 1.29 is 19.1 Å². The van der Waals surface area contributed by atoms with Gasteiger partial charge in [0.1, 0.15) is 11.5 Å². The molecule has 0 aliphatic rings. The van der Waals surface area contributed by atoms with Crippen LogP contribution in [0.3, 0.4) is 0 Å². The molecule has 0 aromatic heterocycles. The standard InChI is InChI=1S/C17H18N2O4/c1-11(18)16(20)19-13-5-9-15(10-6-13)23-14-7-3-12(4-8-14)17(21)22-2/h3-11H,18H2,1-2H3,(H,19,20). The highest BCUT2D eigenvalue weighted by molar-refractivity contribution is 5.94. The quantitative estimate of drug-likeness (QED) is 0.828. The van der Waals surface area contributed by atoms with E-state index in [4.69, 9.17) is 10.5 Å². The normalized spacial score (nSPS) is 11.4. The first kappa shape index (κ1) is 16.5. The SMILES string of the molecule is COC(=O)c1ccc(Oc2ccc(NC(=O)C(C)N)cc2)cc1. The number of methoxy groups -OCH3 is 1. The maximum absolute atomic E-state index is 11.5. The summed E-state index contributed by atoms with van der Waals surface area (Å²) in [6.45, 7) is 1.62. The van der Waals surface area contributed by atoms with Crippen LogP contribution in [0.1, 0.15) is 17.3 Å². The van der Waals surface area contributed by atoms with Crippen LogP contribution in [0.25, 0.3) is 0 Å². The molecule has 1 unspecified atom stereocenters. The van der Waals surface area contributed by atoms with E-state index in [0.717, 1.165) is 0 Å². The van der Waals surface area contributed by atoms with E-state index in [1.165, 1.54) is 7.11 Å². The molecule has 6 heteroatoms. The fourth-order valence-corrected chi connectivity index (χ4v) is 1.78. The molecule has 23 heavy (non-hydrogen) atoms. The van der Waals surface area contributed by atoms with E-state index >= 15 is 0 Å². The predicted molar refractivity (Wildman–Crippen MR) is 86.6 cm³/mol. The van der Waals surface area contributed by atoms with Gasteiger partial charge in [-0.25, -0.2) is 4.79 Å². The fourth-order valence-electron chi connectivity index (χ4n) is 1.78. The minimum atomic E-state index is -0.570. The van der Waals surface area contributed by atoms with Crippen molar-refractivity contribution >= 4 is 17.6 Å². The number of carbonyl (C=O) groups is 2. The number of amides is 1. The van der Waals surface area contributed by atoms with Crippen LogP contribution in [0.4, 0.5) is 5.69 Å². The van der Waals surface area contributed by atoms with E-state index in [2.05, 4.69) is 10.1 Å². The minimum absolute atomic E-state index is 0.253. The Morgan fingerprint density at radius 1 is 1.00 bits per heavy atom. The summed E-state index contributed by atoms with van der Waals surface area (Å²) in [7, 11) is 1.33. The van der Waals surface area contributed by atoms with Crippen molar-refractivity contribution in [1.82, 2.24) is 0 Å². The van der Waals surface area contributed by atoms with Crippen LogP contribution in [0, 0.1) is 0 Å². The number of nitrogens with two attached hydrogens (primary N) is 1. The Morgan fingerprint density at radius 3 is 2.00 bits per heavy atom. The molecule has 0 saturated heterocycles. The fraction of sp³-hybridized carbons (Fsp3) is 0.176. The molecule has 120 valence electrons. The lowest BCUT2D eigenvalue weighted by Crippen LogP contribution is -2.32. The molecule has 6 nitrogen and oxygen atoms in total. The van der Waals surface area contributed by atoms with Crippen molar-refractivity contribution in [2.75, 3.05) is 12.4 Å². The van der Waals surface area contributed by atoms with Crippen LogP contribution < -0.4 is 15.8 Å². The summed E-state index contributed by atoms with van der Waals surface area (Å²) < 4.78 is 10.3. The first-order valence-corrected chi connectivity index (χ1v) is 7.02. The van der Waals surface area contributed by atoms with Crippen LogP contribution in [0.2, 0.25) is 0 Å². The Kier molecular flexibility index (Phi) is 5.32. The lowest BCUT2D eigenvalue weighted by Gasteiger charge is -2.09. The summed E-state index contributed by atoms with van der Waals surface area (Å²) in [6, 6.07) is 12.9. The van der Waals surface area contributed by atoms with Gasteiger partial charge in [-0.05, 0) is 55.5 Å². The van der Waals surface area contributed by atoms with Gasteiger partial charge in [-0.1, -0.05) is 0 Å². The van der Waals surface area contributed by atoms with Crippen molar-refractivity contribution in [1.29, 1.82) is 0 Å². The van der Waals surface area contributed by atoms with E-state index in [1.54, 1.807) is 55.5 Å². The van der Waals surface area contributed by atoms with Crippen LogP contribution in [-0.2, 0) is 9.53 Å². The zero-order valence-electron chi connectivity index (χ0n) is 12.9. The Morgan fingerprint density at radius 2 is 1.52 bits per heavy atom. The lowest BCUT2D eigenvalue weighted by atomic mass is 10.2. The van der Waals surface area contributed by atoms with Crippen molar-refractivity contribution in [3.8, 4) is 11.5 Å². The van der Waals surface area contributed by atoms with Gasteiger partial charge in [-0.15, -0.1) is 0 Å². The van der Waals surface area contributed by atoms with Gasteiger partial charge in [-0.2, -0.15) is 0 Å². The van der Waals surface area contributed by atoms with Crippen molar-refractivity contribution in [2.24, 2.45) is 5.73 Å². The first-order valence-electron chi connectivity index (χ1n) is 7.02. The maximum atomic E-state index is 11.5. The topological polar surface area (TPSA) is 90.6 Å². The van der Waals surface area contributed by atoms with Gasteiger partial charge in [0.25, 0.3) is 0 Å². The molecule has 0 aliphatic heterocycles. The summed E-state index contributed by atoms with van der Waals surface area (Å²) in [4.78, 5) is 22.8. The molecule has 0 saturated carbocycles. The predicted octanol–water partition coefficient (Wildman–Crippen LogP) is 2.55. The summed E-state index contributed by atoms with van der Waals surface area (Å²) in [5.74, 6) is 0.544. The number of benzene rings is 2. The Labute approximate surface area is 134 Å². The molecule has 3 N–H and O–H groups in total. The summed E-state index contributed by atoms with van der Waals surface area (Å²) in [5.41, 5.74) is 6.58. The number of esters is 1. The Balaban J connectivity index is 2.00. The number of carbonyl (C=O) groups excluding carboxylic acids is 2. The van der Waals surface area contributed by atoms with E-state index in [0.29, 0.717) is 22.7 Å². The molecule has 2 aromatic rings. The molecule has 0 aliphatic carbocycles. The molecule has 1 amide bonds. The summed E-state index contributed by atoms with van der Waals surface area (Å²) in [6.07, 6.45) is 0. The molecule has 2 rings (SSSR count). The number of nitrogens with one attached hydrogen (secondary N) is 1. The van der Waals surface area contributed by atoms with Crippen molar-refractivity contribution in [3.63, 3.8) is 0 Å². The third kappa shape index (κ3) is 4.55. The number of rotatable bonds is 5. The molecule has 2 aromatic carbocycles. The van der Waals surface area contributed by atoms with Crippen LogP contribution in [-0.4, -0.2) is 25.0 Å². The minimum Gasteiger partial charge on any atom is -0.465 e. The van der Waals surface area contributed by atoms with Crippen LogP contribution in [0.5, 0.6) is 11.5 Å². The highest BCUT2D eigenvalue weighted by atomic mass is 16.5.